The van der Waals surface area contributed by atoms with Gasteiger partial charge in [-0.15, -0.1) is 0 Å². The van der Waals surface area contributed by atoms with E-state index in [-0.39, 0.29) is 0 Å². The SMILES string of the molecule is Cc1ccc2c(c1)c1cc(Br)ccc1n2S(C)(=O)=O. The molecule has 5 heteroatoms. The first-order chi connectivity index (χ1) is 8.88. The van der Waals surface area contributed by atoms with Crippen molar-refractivity contribution in [2.75, 3.05) is 6.26 Å². The van der Waals surface area contributed by atoms with Crippen LogP contribution < -0.4 is 0 Å². The van der Waals surface area contributed by atoms with Gasteiger partial charge >= 0.3 is 0 Å². The van der Waals surface area contributed by atoms with Crippen molar-refractivity contribution >= 4 is 47.8 Å². The van der Waals surface area contributed by atoms with E-state index in [4.69, 9.17) is 0 Å². The first-order valence-electron chi connectivity index (χ1n) is 5.79. The Morgan fingerprint density at radius 3 is 2.21 bits per heavy atom. The lowest BCUT2D eigenvalue weighted by molar-refractivity contribution is 0.596. The molecule has 0 amide bonds. The highest BCUT2D eigenvalue weighted by Gasteiger charge is 2.17. The van der Waals surface area contributed by atoms with Crippen LogP contribution in [0.1, 0.15) is 5.56 Å². The second-order valence-corrected chi connectivity index (χ2v) is 7.46. The molecule has 0 unspecified atom stereocenters. The summed E-state index contributed by atoms with van der Waals surface area (Å²) in [5.74, 6) is 0. The Hall–Kier alpha value is -1.33. The van der Waals surface area contributed by atoms with Crippen molar-refractivity contribution < 1.29 is 8.42 Å². The average molecular weight is 338 g/mol. The number of hydrogen-bond donors (Lipinski definition) is 0. The third-order valence-corrected chi connectivity index (χ3v) is 4.72. The smallest absolute Gasteiger partial charge is 0.236 e. The van der Waals surface area contributed by atoms with Gasteiger partial charge in [0.1, 0.15) is 0 Å². The van der Waals surface area contributed by atoms with E-state index in [0.717, 1.165) is 26.3 Å². The van der Waals surface area contributed by atoms with Gasteiger partial charge in [0.2, 0.25) is 10.0 Å². The molecular weight excluding hydrogens is 326 g/mol. The van der Waals surface area contributed by atoms with E-state index in [1.165, 1.54) is 10.2 Å². The molecule has 0 bridgehead atoms. The van der Waals surface area contributed by atoms with Gasteiger partial charge in [-0.25, -0.2) is 12.4 Å². The molecule has 0 atom stereocenters. The predicted octanol–water partition coefficient (Wildman–Crippen LogP) is 3.67. The predicted molar refractivity (Wildman–Crippen MR) is 82.1 cm³/mol. The second kappa shape index (κ2) is 4.08. The fourth-order valence-corrected chi connectivity index (χ4v) is 3.82. The van der Waals surface area contributed by atoms with E-state index >= 15 is 0 Å². The molecule has 0 spiro atoms. The lowest BCUT2D eigenvalue weighted by Gasteiger charge is -2.04. The van der Waals surface area contributed by atoms with Crippen molar-refractivity contribution in [3.63, 3.8) is 0 Å². The summed E-state index contributed by atoms with van der Waals surface area (Å²) in [5, 5.41) is 1.90. The highest BCUT2D eigenvalue weighted by Crippen LogP contribution is 2.32. The molecule has 0 fully saturated rings. The molecular formula is C14H12BrNO2S. The van der Waals surface area contributed by atoms with Crippen molar-refractivity contribution in [3.05, 3.63) is 46.4 Å². The van der Waals surface area contributed by atoms with Crippen molar-refractivity contribution in [3.8, 4) is 0 Å². The zero-order valence-electron chi connectivity index (χ0n) is 10.5. The molecule has 1 aromatic heterocycles. The molecule has 0 aliphatic heterocycles. The van der Waals surface area contributed by atoms with Gasteiger partial charge in [-0.05, 0) is 37.3 Å². The topological polar surface area (TPSA) is 39.1 Å². The van der Waals surface area contributed by atoms with E-state index in [1.807, 2.05) is 43.3 Å². The van der Waals surface area contributed by atoms with E-state index in [2.05, 4.69) is 15.9 Å². The highest BCUT2D eigenvalue weighted by atomic mass is 79.9. The third-order valence-electron chi connectivity index (χ3n) is 3.17. The zero-order valence-corrected chi connectivity index (χ0v) is 12.9. The van der Waals surface area contributed by atoms with Crippen LogP contribution >= 0.6 is 15.9 Å². The minimum atomic E-state index is -3.34. The fraction of sp³-hybridized carbons (Fsp3) is 0.143. The Labute approximate surface area is 120 Å². The first kappa shape index (κ1) is 12.7. The van der Waals surface area contributed by atoms with Gasteiger partial charge < -0.3 is 0 Å². The standard InChI is InChI=1S/C14H12BrNO2S/c1-9-3-5-13-11(7-9)12-8-10(15)4-6-14(12)16(13)19(2,17)18/h3-8H,1-2H3. The second-order valence-electron chi connectivity index (χ2n) is 4.71. The van der Waals surface area contributed by atoms with E-state index in [1.54, 1.807) is 0 Å². The molecule has 0 saturated carbocycles. The van der Waals surface area contributed by atoms with Crippen molar-refractivity contribution in [1.29, 1.82) is 0 Å². The Morgan fingerprint density at radius 2 is 1.58 bits per heavy atom. The number of rotatable bonds is 1. The van der Waals surface area contributed by atoms with Gasteiger partial charge in [0.15, 0.2) is 0 Å². The van der Waals surface area contributed by atoms with Crippen LogP contribution in [0.15, 0.2) is 40.9 Å². The molecule has 0 N–H and O–H groups in total. The summed E-state index contributed by atoms with van der Waals surface area (Å²) >= 11 is 3.44. The minimum Gasteiger partial charge on any atom is -0.237 e. The summed E-state index contributed by atoms with van der Waals surface area (Å²) in [6, 6.07) is 11.5. The quantitative estimate of drug-likeness (QED) is 0.679. The summed E-state index contributed by atoms with van der Waals surface area (Å²) in [6.45, 7) is 2.00. The van der Waals surface area contributed by atoms with Crippen LogP contribution in [0.2, 0.25) is 0 Å². The molecule has 2 aromatic carbocycles. The number of nitrogens with zero attached hydrogens (tertiary/aromatic N) is 1. The van der Waals surface area contributed by atoms with Gasteiger partial charge in [0, 0.05) is 15.2 Å². The summed E-state index contributed by atoms with van der Waals surface area (Å²) < 4.78 is 26.4. The maximum Gasteiger partial charge on any atom is 0.236 e. The molecule has 0 aliphatic rings. The highest BCUT2D eigenvalue weighted by molar-refractivity contribution is 9.10. The van der Waals surface area contributed by atoms with Gasteiger partial charge in [0.05, 0.1) is 17.3 Å². The van der Waals surface area contributed by atoms with Gasteiger partial charge in [-0.3, -0.25) is 0 Å². The minimum absolute atomic E-state index is 0.714. The Morgan fingerprint density at radius 1 is 1.00 bits per heavy atom. The Bertz CT molecular complexity index is 851. The van der Waals surface area contributed by atoms with Gasteiger partial charge in [-0.1, -0.05) is 27.6 Å². The fourth-order valence-electron chi connectivity index (χ4n) is 2.43. The molecule has 3 nitrogen and oxygen atoms in total. The largest absolute Gasteiger partial charge is 0.237 e. The monoisotopic (exact) mass is 337 g/mol. The maximum atomic E-state index is 12.0. The van der Waals surface area contributed by atoms with Gasteiger partial charge in [0.25, 0.3) is 0 Å². The van der Waals surface area contributed by atoms with E-state index < -0.39 is 10.0 Å². The van der Waals surface area contributed by atoms with Crippen LogP contribution in [0, 0.1) is 6.92 Å². The molecule has 19 heavy (non-hydrogen) atoms. The van der Waals surface area contributed by atoms with Gasteiger partial charge in [-0.2, -0.15) is 0 Å². The average Bonchev–Trinajstić information content (AvgIpc) is 2.62. The molecule has 0 radical (unpaired) electrons. The Kier molecular flexibility index (Phi) is 2.73. The van der Waals surface area contributed by atoms with Crippen LogP contribution in [-0.4, -0.2) is 18.6 Å². The number of benzene rings is 2. The summed E-state index contributed by atoms with van der Waals surface area (Å²) in [6.07, 6.45) is 1.23. The first-order valence-corrected chi connectivity index (χ1v) is 8.43. The van der Waals surface area contributed by atoms with E-state index in [0.29, 0.717) is 5.52 Å². The lowest BCUT2D eigenvalue weighted by atomic mass is 10.1. The van der Waals surface area contributed by atoms with Crippen LogP contribution in [0.25, 0.3) is 21.8 Å². The zero-order chi connectivity index (χ0) is 13.8. The summed E-state index contributed by atoms with van der Waals surface area (Å²) in [7, 11) is -3.34. The number of aromatic nitrogens is 1. The molecule has 0 aliphatic carbocycles. The molecule has 3 aromatic rings. The molecule has 3 rings (SSSR count). The van der Waals surface area contributed by atoms with Crippen LogP contribution in [0.4, 0.5) is 0 Å². The third kappa shape index (κ3) is 1.97. The van der Waals surface area contributed by atoms with Crippen LogP contribution in [-0.2, 0) is 10.0 Å². The number of aryl methyl sites for hydroxylation is 1. The van der Waals surface area contributed by atoms with E-state index in [9.17, 15) is 8.42 Å². The molecule has 1 heterocycles. The van der Waals surface area contributed by atoms with Crippen LogP contribution in [0.3, 0.4) is 0 Å². The molecule has 98 valence electrons. The van der Waals surface area contributed by atoms with Crippen molar-refractivity contribution in [2.24, 2.45) is 0 Å². The summed E-state index contributed by atoms with van der Waals surface area (Å²) in [5.41, 5.74) is 2.55. The maximum absolute atomic E-state index is 12.0. The number of hydrogen-bond acceptors (Lipinski definition) is 2. The van der Waals surface area contributed by atoms with Crippen molar-refractivity contribution in [1.82, 2.24) is 3.97 Å². The molecule has 0 saturated heterocycles. The van der Waals surface area contributed by atoms with Crippen molar-refractivity contribution in [2.45, 2.75) is 6.92 Å². The summed E-state index contributed by atoms with van der Waals surface area (Å²) in [4.78, 5) is 0. The van der Waals surface area contributed by atoms with Crippen LogP contribution in [0.5, 0.6) is 0 Å². The number of fused-ring (bicyclic) bond motifs is 3. The Balaban J connectivity index is 2.66. The lowest BCUT2D eigenvalue weighted by Crippen LogP contribution is -2.09. The normalized spacial score (nSPS) is 12.4. The number of halogens is 1.